The number of aromatic nitrogens is 3. The van der Waals surface area contributed by atoms with Crippen molar-refractivity contribution in [3.05, 3.63) is 59.4 Å². The van der Waals surface area contributed by atoms with Crippen molar-refractivity contribution in [2.45, 2.75) is 12.8 Å². The summed E-state index contributed by atoms with van der Waals surface area (Å²) < 4.78 is 17.7. The SMILES string of the molecule is N#CC1(C(=O)Nc2cnc3nc(-c4cc(NC(=O)c5ccc(F)o5)ccc4Cl)[nH]c3c2)CC1. The van der Waals surface area contributed by atoms with Gasteiger partial charge in [0.1, 0.15) is 11.2 Å². The van der Waals surface area contributed by atoms with E-state index in [9.17, 15) is 19.2 Å². The number of hydrogen-bond acceptors (Lipinski definition) is 6. The fraction of sp³-hybridized carbons (Fsp3) is 0.136. The van der Waals surface area contributed by atoms with Crippen molar-refractivity contribution in [2.75, 3.05) is 10.6 Å². The summed E-state index contributed by atoms with van der Waals surface area (Å²) in [6, 6.07) is 9.89. The number of hydrogen-bond donors (Lipinski definition) is 3. The number of nitrogens with zero attached hydrogens (tertiary/aromatic N) is 3. The molecule has 1 saturated carbocycles. The lowest BCUT2D eigenvalue weighted by molar-refractivity contribution is -0.119. The molecule has 11 heteroatoms. The van der Waals surface area contributed by atoms with E-state index in [1.54, 1.807) is 24.3 Å². The highest BCUT2D eigenvalue weighted by Gasteiger charge is 2.50. The minimum atomic E-state index is -0.950. The van der Waals surface area contributed by atoms with Crippen LogP contribution < -0.4 is 10.6 Å². The molecule has 5 rings (SSSR count). The quantitative estimate of drug-likeness (QED) is 0.397. The third-order valence-electron chi connectivity index (χ3n) is 5.27. The number of nitriles is 1. The number of anilines is 2. The topological polar surface area (TPSA) is 137 Å². The number of nitrogens with one attached hydrogen (secondary N) is 3. The molecule has 1 aliphatic rings. The molecular weight excluding hydrogens is 451 g/mol. The lowest BCUT2D eigenvalue weighted by atomic mass is 10.1. The van der Waals surface area contributed by atoms with Crippen LogP contribution in [0.15, 0.2) is 47.0 Å². The van der Waals surface area contributed by atoms with Crippen LogP contribution in [-0.4, -0.2) is 26.8 Å². The van der Waals surface area contributed by atoms with E-state index in [-0.39, 0.29) is 11.7 Å². The largest absolute Gasteiger partial charge is 0.426 e. The summed E-state index contributed by atoms with van der Waals surface area (Å²) in [5.41, 5.74) is 1.30. The Labute approximate surface area is 190 Å². The monoisotopic (exact) mass is 464 g/mol. The zero-order valence-corrected chi connectivity index (χ0v) is 17.5. The van der Waals surface area contributed by atoms with Crippen molar-refractivity contribution < 1.29 is 18.4 Å². The molecule has 33 heavy (non-hydrogen) atoms. The molecule has 1 aliphatic carbocycles. The van der Waals surface area contributed by atoms with Crippen LogP contribution in [-0.2, 0) is 4.79 Å². The minimum Gasteiger partial charge on any atom is -0.426 e. The van der Waals surface area contributed by atoms with Crippen molar-refractivity contribution in [3.8, 4) is 17.5 Å². The van der Waals surface area contributed by atoms with Gasteiger partial charge >= 0.3 is 0 Å². The van der Waals surface area contributed by atoms with Crippen molar-refractivity contribution in [2.24, 2.45) is 5.41 Å². The number of halogens is 2. The van der Waals surface area contributed by atoms with Gasteiger partial charge in [-0.1, -0.05) is 11.6 Å². The van der Waals surface area contributed by atoms with E-state index in [0.29, 0.717) is 51.8 Å². The standard InChI is InChI=1S/C22H14ClFN6O3/c23-14-2-1-11(27-20(31)16-3-4-17(24)33-16)7-13(14)18-29-15-8-12(9-26-19(15)30-18)28-21(32)22(10-25)5-6-22/h1-4,7-9H,5-6H2,(H,27,31)(H,28,32)(H,26,29,30). The summed E-state index contributed by atoms with van der Waals surface area (Å²) in [6.45, 7) is 0. The third kappa shape index (κ3) is 3.90. The molecule has 2 amide bonds. The first kappa shape index (κ1) is 20.7. The van der Waals surface area contributed by atoms with E-state index in [4.69, 9.17) is 11.6 Å². The Kier molecular flexibility index (Phi) is 4.83. The van der Waals surface area contributed by atoms with E-state index in [0.717, 1.165) is 6.07 Å². The normalized spacial score (nSPS) is 14.0. The minimum absolute atomic E-state index is 0.170. The molecule has 164 valence electrons. The highest BCUT2D eigenvalue weighted by atomic mass is 35.5. The second-order valence-electron chi connectivity index (χ2n) is 7.58. The molecule has 1 aromatic carbocycles. The first-order valence-corrected chi connectivity index (χ1v) is 10.2. The lowest BCUT2D eigenvalue weighted by Crippen LogP contribution is -2.22. The van der Waals surface area contributed by atoms with Crippen molar-refractivity contribution in [3.63, 3.8) is 0 Å². The maximum Gasteiger partial charge on any atom is 0.291 e. The summed E-state index contributed by atoms with van der Waals surface area (Å²) >= 11 is 6.34. The van der Waals surface area contributed by atoms with Crippen molar-refractivity contribution >= 4 is 46.0 Å². The van der Waals surface area contributed by atoms with Crippen molar-refractivity contribution in [1.29, 1.82) is 5.26 Å². The Balaban J connectivity index is 1.40. The van der Waals surface area contributed by atoms with Crippen LogP contribution in [0, 0.1) is 22.8 Å². The van der Waals surface area contributed by atoms with E-state index >= 15 is 0 Å². The number of rotatable bonds is 5. The average Bonchev–Trinajstić information content (AvgIpc) is 3.31. The lowest BCUT2D eigenvalue weighted by Gasteiger charge is -2.07. The highest BCUT2D eigenvalue weighted by Crippen LogP contribution is 2.45. The summed E-state index contributed by atoms with van der Waals surface area (Å²) in [5.74, 6) is -0.754. The average molecular weight is 465 g/mol. The maximum atomic E-state index is 13.0. The highest BCUT2D eigenvalue weighted by molar-refractivity contribution is 6.33. The molecule has 9 nitrogen and oxygen atoms in total. The Bertz CT molecular complexity index is 1470. The number of amides is 2. The molecule has 3 heterocycles. The molecule has 0 radical (unpaired) electrons. The van der Waals surface area contributed by atoms with Gasteiger partial charge in [0.2, 0.25) is 5.91 Å². The fourth-order valence-corrected chi connectivity index (χ4v) is 3.48. The molecule has 3 aromatic heterocycles. The molecule has 0 bridgehead atoms. The number of benzene rings is 1. The van der Waals surface area contributed by atoms with Gasteiger partial charge in [-0.15, -0.1) is 0 Å². The van der Waals surface area contributed by atoms with E-state index in [1.807, 2.05) is 0 Å². The predicted octanol–water partition coefficient (Wildman–Crippen LogP) is 4.50. The second kappa shape index (κ2) is 7.72. The fourth-order valence-electron chi connectivity index (χ4n) is 3.27. The molecule has 1 fully saturated rings. The maximum absolute atomic E-state index is 13.0. The molecule has 0 spiro atoms. The van der Waals surface area contributed by atoms with Gasteiger partial charge in [-0.2, -0.15) is 9.65 Å². The van der Waals surface area contributed by atoms with E-state index in [2.05, 4.69) is 36.1 Å². The van der Waals surface area contributed by atoms with Gasteiger partial charge < -0.3 is 20.0 Å². The molecule has 0 saturated heterocycles. The first-order valence-electron chi connectivity index (χ1n) is 9.82. The first-order chi connectivity index (χ1) is 15.9. The number of furan rings is 1. The predicted molar refractivity (Wildman–Crippen MR) is 117 cm³/mol. The van der Waals surface area contributed by atoms with Gasteiger partial charge in [0.05, 0.1) is 28.5 Å². The number of carbonyl (C=O) groups is 2. The summed E-state index contributed by atoms with van der Waals surface area (Å²) in [4.78, 5) is 36.3. The Hall–Kier alpha value is -4.23. The molecule has 0 aliphatic heterocycles. The summed E-state index contributed by atoms with van der Waals surface area (Å²) in [6.07, 6.45) is 2.54. The van der Waals surface area contributed by atoms with Crippen LogP contribution in [0.5, 0.6) is 0 Å². The van der Waals surface area contributed by atoms with Gasteiger partial charge in [0.15, 0.2) is 11.4 Å². The van der Waals surface area contributed by atoms with Gasteiger partial charge in [0, 0.05) is 17.3 Å². The molecule has 3 N–H and O–H groups in total. The Morgan fingerprint density at radius 2 is 2.00 bits per heavy atom. The number of aromatic amines is 1. The van der Waals surface area contributed by atoms with Crippen LogP contribution >= 0.6 is 11.6 Å². The number of H-pyrrole nitrogens is 1. The van der Waals surface area contributed by atoms with E-state index < -0.39 is 17.3 Å². The van der Waals surface area contributed by atoms with Gasteiger partial charge in [-0.05, 0) is 43.2 Å². The van der Waals surface area contributed by atoms with Crippen LogP contribution in [0.25, 0.3) is 22.6 Å². The van der Waals surface area contributed by atoms with Crippen LogP contribution in [0.3, 0.4) is 0 Å². The van der Waals surface area contributed by atoms with Crippen LogP contribution in [0.4, 0.5) is 15.8 Å². The van der Waals surface area contributed by atoms with E-state index in [1.165, 1.54) is 12.3 Å². The zero-order chi connectivity index (χ0) is 23.2. The second-order valence-corrected chi connectivity index (χ2v) is 7.99. The van der Waals surface area contributed by atoms with Crippen molar-refractivity contribution in [1.82, 2.24) is 15.0 Å². The summed E-state index contributed by atoms with van der Waals surface area (Å²) in [5, 5.41) is 14.9. The Morgan fingerprint density at radius 3 is 2.70 bits per heavy atom. The molecule has 0 unspecified atom stereocenters. The zero-order valence-electron chi connectivity index (χ0n) is 16.8. The number of imidazole rings is 1. The van der Waals surface area contributed by atoms with Crippen LogP contribution in [0.2, 0.25) is 5.02 Å². The summed E-state index contributed by atoms with van der Waals surface area (Å²) in [7, 11) is 0. The van der Waals surface area contributed by atoms with Gasteiger partial charge in [-0.25, -0.2) is 9.97 Å². The van der Waals surface area contributed by atoms with Gasteiger partial charge in [0.25, 0.3) is 11.9 Å². The van der Waals surface area contributed by atoms with Gasteiger partial charge in [-0.3, -0.25) is 9.59 Å². The molecule has 0 atom stereocenters. The number of pyridine rings is 1. The Morgan fingerprint density at radius 1 is 1.18 bits per heavy atom. The molecule has 4 aromatic rings. The molecular formula is C22H14ClFN6O3. The number of fused-ring (bicyclic) bond motifs is 1. The third-order valence-corrected chi connectivity index (χ3v) is 5.60. The van der Waals surface area contributed by atoms with Crippen LogP contribution in [0.1, 0.15) is 23.4 Å². The number of carbonyl (C=O) groups excluding carboxylic acids is 2. The smallest absolute Gasteiger partial charge is 0.291 e.